The van der Waals surface area contributed by atoms with E-state index in [1.165, 1.54) is 24.3 Å². The molecule has 1 atom stereocenters. The van der Waals surface area contributed by atoms with Gasteiger partial charge in [-0.05, 0) is 31.2 Å². The van der Waals surface area contributed by atoms with Crippen molar-refractivity contribution >= 4 is 23.2 Å². The molecule has 16 heavy (non-hydrogen) atoms. The number of hydrogen-bond donors (Lipinski definition) is 0. The Morgan fingerprint density at radius 2 is 1.81 bits per heavy atom. The summed E-state index contributed by atoms with van der Waals surface area (Å²) in [6.45, 7) is 4.37. The van der Waals surface area contributed by atoms with Crippen molar-refractivity contribution in [3.8, 4) is 0 Å². The van der Waals surface area contributed by atoms with Crippen molar-refractivity contribution in [2.75, 3.05) is 0 Å². The summed E-state index contributed by atoms with van der Waals surface area (Å²) in [6.07, 6.45) is -1.72. The zero-order valence-corrected chi connectivity index (χ0v) is 9.42. The first-order valence-corrected chi connectivity index (χ1v) is 4.98. The zero-order chi connectivity index (χ0) is 12.3. The first-order valence-electron chi connectivity index (χ1n) is 4.61. The number of halogens is 2. The Bertz CT molecular complexity index is 435. The van der Waals surface area contributed by atoms with Gasteiger partial charge in [0, 0.05) is 10.6 Å². The van der Waals surface area contributed by atoms with Gasteiger partial charge in [0.25, 0.3) is 0 Å². The first kappa shape index (κ1) is 12.6. The van der Waals surface area contributed by atoms with Gasteiger partial charge in [-0.3, -0.25) is 9.59 Å². The predicted molar refractivity (Wildman–Crippen MR) is 60.5 cm³/mol. The summed E-state index contributed by atoms with van der Waals surface area (Å²) in [5.41, 5.74) is -0.0827. The van der Waals surface area contributed by atoms with Crippen LogP contribution in [0, 0.1) is 0 Å². The molecule has 0 bridgehead atoms. The van der Waals surface area contributed by atoms with Crippen molar-refractivity contribution in [2.24, 2.45) is 0 Å². The monoisotopic (exact) mass is 240 g/mol. The molecule has 0 aliphatic heterocycles. The standard InChI is InChI=1S/C12H10ClFO2/c1-7(11(15)8(2)14)12(16)9-3-5-10(13)6-4-9/h3-6,8H,1H2,2H3. The second kappa shape index (κ2) is 5.03. The summed E-state index contributed by atoms with van der Waals surface area (Å²) in [7, 11) is 0. The van der Waals surface area contributed by atoms with Crippen LogP contribution in [-0.4, -0.2) is 17.7 Å². The van der Waals surface area contributed by atoms with Crippen LogP contribution in [0.1, 0.15) is 17.3 Å². The van der Waals surface area contributed by atoms with E-state index < -0.39 is 17.7 Å². The molecule has 1 aromatic rings. The Hall–Kier alpha value is -1.48. The lowest BCUT2D eigenvalue weighted by molar-refractivity contribution is -0.119. The van der Waals surface area contributed by atoms with Gasteiger partial charge in [0.15, 0.2) is 17.7 Å². The number of benzene rings is 1. The maximum Gasteiger partial charge on any atom is 0.199 e. The molecular weight excluding hydrogens is 231 g/mol. The quantitative estimate of drug-likeness (QED) is 0.351. The summed E-state index contributed by atoms with van der Waals surface area (Å²) >= 11 is 5.65. The molecule has 2 nitrogen and oxygen atoms in total. The summed E-state index contributed by atoms with van der Waals surface area (Å²) in [4.78, 5) is 22.9. The number of ketones is 2. The number of hydrogen-bond acceptors (Lipinski definition) is 2. The average Bonchev–Trinajstić information content (AvgIpc) is 2.27. The minimum atomic E-state index is -1.72. The normalized spacial score (nSPS) is 11.9. The number of carbonyl (C=O) groups is 2. The van der Waals surface area contributed by atoms with Crippen LogP contribution in [0.3, 0.4) is 0 Å². The van der Waals surface area contributed by atoms with Crippen LogP contribution in [0.25, 0.3) is 0 Å². The maximum atomic E-state index is 12.7. The molecule has 1 rings (SSSR count). The van der Waals surface area contributed by atoms with Gasteiger partial charge >= 0.3 is 0 Å². The molecule has 84 valence electrons. The third-order valence-electron chi connectivity index (χ3n) is 2.04. The maximum absolute atomic E-state index is 12.7. The van der Waals surface area contributed by atoms with E-state index in [9.17, 15) is 14.0 Å². The predicted octanol–water partition coefficient (Wildman–Crippen LogP) is 3.01. The van der Waals surface area contributed by atoms with Gasteiger partial charge in [0.05, 0.1) is 5.57 Å². The van der Waals surface area contributed by atoms with E-state index >= 15 is 0 Å². The van der Waals surface area contributed by atoms with Gasteiger partial charge in [-0.15, -0.1) is 0 Å². The van der Waals surface area contributed by atoms with Gasteiger partial charge < -0.3 is 0 Å². The van der Waals surface area contributed by atoms with Gasteiger partial charge in [-0.2, -0.15) is 0 Å². The number of Topliss-reactive ketones (excluding diaryl/α,β-unsaturated/α-hetero) is 2. The molecule has 0 aliphatic carbocycles. The molecular formula is C12H10ClFO2. The molecule has 1 aromatic carbocycles. The second-order valence-electron chi connectivity index (χ2n) is 3.29. The van der Waals surface area contributed by atoms with Crippen LogP contribution in [-0.2, 0) is 4.79 Å². The molecule has 0 N–H and O–H groups in total. The average molecular weight is 241 g/mol. The Labute approximate surface area is 97.7 Å². The van der Waals surface area contributed by atoms with Crippen molar-refractivity contribution in [2.45, 2.75) is 13.1 Å². The van der Waals surface area contributed by atoms with Crippen LogP contribution in [0.2, 0.25) is 5.02 Å². The topological polar surface area (TPSA) is 34.1 Å². The summed E-state index contributed by atoms with van der Waals surface area (Å²) in [5, 5.41) is 0.479. The van der Waals surface area contributed by atoms with E-state index in [1.54, 1.807) is 0 Å². The largest absolute Gasteiger partial charge is 0.291 e. The van der Waals surface area contributed by atoms with Crippen molar-refractivity contribution in [3.63, 3.8) is 0 Å². The zero-order valence-electron chi connectivity index (χ0n) is 8.67. The van der Waals surface area contributed by atoms with E-state index in [0.717, 1.165) is 6.92 Å². The highest BCUT2D eigenvalue weighted by atomic mass is 35.5. The minimum absolute atomic E-state index is 0.267. The van der Waals surface area contributed by atoms with Gasteiger partial charge in [-0.1, -0.05) is 18.2 Å². The van der Waals surface area contributed by atoms with Crippen LogP contribution in [0.5, 0.6) is 0 Å². The van der Waals surface area contributed by atoms with Crippen LogP contribution >= 0.6 is 11.6 Å². The molecule has 0 heterocycles. The second-order valence-corrected chi connectivity index (χ2v) is 3.73. The molecule has 0 spiro atoms. The number of allylic oxidation sites excluding steroid dienone is 1. The Kier molecular flexibility index (Phi) is 3.96. The Morgan fingerprint density at radius 1 is 1.31 bits per heavy atom. The van der Waals surface area contributed by atoms with Crippen LogP contribution in [0.4, 0.5) is 4.39 Å². The number of alkyl halides is 1. The highest BCUT2D eigenvalue weighted by molar-refractivity contribution is 6.31. The molecule has 1 unspecified atom stereocenters. The summed E-state index contributed by atoms with van der Waals surface area (Å²) in [6, 6.07) is 5.97. The molecule has 0 aromatic heterocycles. The smallest absolute Gasteiger partial charge is 0.199 e. The van der Waals surface area contributed by atoms with Gasteiger partial charge in [0.1, 0.15) is 0 Å². The molecule has 4 heteroatoms. The highest BCUT2D eigenvalue weighted by Gasteiger charge is 2.21. The van der Waals surface area contributed by atoms with Crippen molar-refractivity contribution in [3.05, 3.63) is 47.0 Å². The molecule has 0 saturated heterocycles. The first-order chi connectivity index (χ1) is 7.43. The lowest BCUT2D eigenvalue weighted by atomic mass is 10.00. The number of carbonyl (C=O) groups excluding carboxylic acids is 2. The fourth-order valence-electron chi connectivity index (χ4n) is 1.13. The van der Waals surface area contributed by atoms with E-state index in [0.29, 0.717) is 5.02 Å². The van der Waals surface area contributed by atoms with E-state index in [-0.39, 0.29) is 11.1 Å². The summed E-state index contributed by atoms with van der Waals surface area (Å²) < 4.78 is 12.7. The fourth-order valence-corrected chi connectivity index (χ4v) is 1.25. The molecule has 0 amide bonds. The summed E-state index contributed by atoms with van der Waals surface area (Å²) in [5.74, 6) is -1.47. The Morgan fingerprint density at radius 3 is 2.25 bits per heavy atom. The van der Waals surface area contributed by atoms with E-state index in [4.69, 9.17) is 11.6 Å². The third kappa shape index (κ3) is 2.76. The van der Waals surface area contributed by atoms with Crippen molar-refractivity contribution in [1.82, 2.24) is 0 Å². The lowest BCUT2D eigenvalue weighted by Crippen LogP contribution is -2.19. The molecule has 0 aliphatic rings. The van der Waals surface area contributed by atoms with E-state index in [2.05, 4.69) is 6.58 Å². The highest BCUT2D eigenvalue weighted by Crippen LogP contribution is 2.14. The van der Waals surface area contributed by atoms with E-state index in [1.807, 2.05) is 0 Å². The number of rotatable bonds is 4. The van der Waals surface area contributed by atoms with Gasteiger partial charge in [-0.25, -0.2) is 4.39 Å². The Balaban J connectivity index is 2.91. The van der Waals surface area contributed by atoms with Crippen LogP contribution in [0.15, 0.2) is 36.4 Å². The fraction of sp³-hybridized carbons (Fsp3) is 0.167. The third-order valence-corrected chi connectivity index (χ3v) is 2.29. The molecule has 0 radical (unpaired) electrons. The van der Waals surface area contributed by atoms with Gasteiger partial charge in [0.2, 0.25) is 0 Å². The SMILES string of the molecule is C=C(C(=O)c1ccc(Cl)cc1)C(=O)C(C)F. The minimum Gasteiger partial charge on any atom is -0.291 e. The van der Waals surface area contributed by atoms with Crippen molar-refractivity contribution < 1.29 is 14.0 Å². The lowest BCUT2D eigenvalue weighted by Gasteiger charge is -2.04. The van der Waals surface area contributed by atoms with Crippen molar-refractivity contribution in [1.29, 1.82) is 0 Å². The molecule has 0 fully saturated rings. The van der Waals surface area contributed by atoms with Crippen LogP contribution < -0.4 is 0 Å². The molecule has 0 saturated carbocycles.